The van der Waals surface area contributed by atoms with E-state index in [1.807, 2.05) is 0 Å². The average molecular weight is 294 g/mol. The highest BCUT2D eigenvalue weighted by Crippen LogP contribution is 2.09. The summed E-state index contributed by atoms with van der Waals surface area (Å²) in [6, 6.07) is 0. The van der Waals surface area contributed by atoms with Crippen LogP contribution in [-0.2, 0) is 24.3 Å². The van der Waals surface area contributed by atoms with E-state index in [1.54, 1.807) is 4.90 Å². The number of carbonyl (C=O) groups excluding carboxylic acids is 1. The molecule has 1 aliphatic heterocycles. The Balaban J connectivity index is 2.45. The van der Waals surface area contributed by atoms with E-state index in [4.69, 9.17) is 5.11 Å². The van der Waals surface area contributed by atoms with Crippen molar-refractivity contribution in [1.82, 2.24) is 9.21 Å². The predicted octanol–water partition coefficient (Wildman–Crippen LogP) is -1.42. The van der Waals surface area contributed by atoms with Gasteiger partial charge in [-0.2, -0.15) is 4.31 Å². The Morgan fingerprint density at radius 3 is 2.26 bits per heavy atom. The third-order valence-corrected chi connectivity index (χ3v) is 4.75. The third-order valence-electron chi connectivity index (χ3n) is 2.88. The summed E-state index contributed by atoms with van der Waals surface area (Å²) in [5, 5.41) is 8.64. The Kier molecular flexibility index (Phi) is 5.70. The lowest BCUT2D eigenvalue weighted by molar-refractivity contribution is -0.140. The van der Waals surface area contributed by atoms with Gasteiger partial charge in [0.1, 0.15) is 0 Å². The van der Waals surface area contributed by atoms with Crippen molar-refractivity contribution >= 4 is 22.0 Å². The molecule has 110 valence electrons. The van der Waals surface area contributed by atoms with Gasteiger partial charge in [-0.3, -0.25) is 14.5 Å². The Morgan fingerprint density at radius 1 is 1.21 bits per heavy atom. The summed E-state index contributed by atoms with van der Waals surface area (Å²) in [6.07, 6.45) is -0.172. The number of nitrogens with zero attached hydrogens (tertiary/aromatic N) is 2. The molecular weight excluding hydrogens is 276 g/mol. The molecule has 0 aromatic rings. The van der Waals surface area contributed by atoms with Gasteiger partial charge in [-0.25, -0.2) is 8.42 Å². The maximum Gasteiger partial charge on any atom is 0.317 e. The van der Waals surface area contributed by atoms with Crippen LogP contribution in [0.5, 0.6) is 0 Å². The SMILES string of the molecule is COC(=O)CCS(=O)(=O)N1CCN(CC(=O)O)CC1. The molecule has 0 atom stereocenters. The van der Waals surface area contributed by atoms with Crippen LogP contribution < -0.4 is 0 Å². The van der Waals surface area contributed by atoms with Crippen molar-refractivity contribution in [1.29, 1.82) is 0 Å². The van der Waals surface area contributed by atoms with Gasteiger partial charge in [0.2, 0.25) is 10.0 Å². The molecule has 1 fully saturated rings. The normalized spacial score (nSPS) is 18.2. The summed E-state index contributed by atoms with van der Waals surface area (Å²) in [7, 11) is -2.27. The molecule has 0 amide bonds. The Labute approximate surface area is 112 Å². The molecule has 1 N–H and O–H groups in total. The number of carbonyl (C=O) groups is 2. The van der Waals surface area contributed by atoms with E-state index in [-0.39, 0.29) is 31.8 Å². The monoisotopic (exact) mass is 294 g/mol. The highest BCUT2D eigenvalue weighted by molar-refractivity contribution is 7.89. The molecule has 0 saturated carbocycles. The lowest BCUT2D eigenvalue weighted by Gasteiger charge is -2.32. The van der Waals surface area contributed by atoms with E-state index in [2.05, 4.69) is 4.74 Å². The van der Waals surface area contributed by atoms with Crippen LogP contribution in [0.4, 0.5) is 0 Å². The number of hydrogen-bond donors (Lipinski definition) is 1. The zero-order valence-corrected chi connectivity index (χ0v) is 11.6. The minimum Gasteiger partial charge on any atom is -0.480 e. The van der Waals surface area contributed by atoms with E-state index in [0.29, 0.717) is 13.1 Å². The highest BCUT2D eigenvalue weighted by Gasteiger charge is 2.27. The van der Waals surface area contributed by atoms with E-state index in [0.717, 1.165) is 0 Å². The number of rotatable bonds is 6. The molecule has 19 heavy (non-hydrogen) atoms. The quantitative estimate of drug-likeness (QED) is 0.600. The summed E-state index contributed by atoms with van der Waals surface area (Å²) in [5.41, 5.74) is 0. The smallest absolute Gasteiger partial charge is 0.317 e. The first-order chi connectivity index (χ1) is 8.85. The Hall–Kier alpha value is -1.19. The molecule has 0 unspecified atom stereocenters. The minimum absolute atomic E-state index is 0.0873. The number of carboxylic acids is 1. The van der Waals surface area contributed by atoms with Gasteiger partial charge in [-0.15, -0.1) is 0 Å². The number of aliphatic carboxylic acids is 1. The largest absolute Gasteiger partial charge is 0.480 e. The summed E-state index contributed by atoms with van der Waals surface area (Å²) in [4.78, 5) is 23.1. The molecule has 0 bridgehead atoms. The van der Waals surface area contributed by atoms with Gasteiger partial charge in [0.25, 0.3) is 0 Å². The van der Waals surface area contributed by atoms with Gasteiger partial charge in [0.05, 0.1) is 25.8 Å². The molecular formula is C10H18N2O6S. The molecule has 1 aliphatic rings. The van der Waals surface area contributed by atoms with Crippen LogP contribution >= 0.6 is 0 Å². The molecule has 0 spiro atoms. The molecule has 8 nitrogen and oxygen atoms in total. The second kappa shape index (κ2) is 6.83. The number of sulfonamides is 1. The number of methoxy groups -OCH3 is 1. The summed E-state index contributed by atoms with van der Waals surface area (Å²) >= 11 is 0. The fraction of sp³-hybridized carbons (Fsp3) is 0.800. The first-order valence-electron chi connectivity index (χ1n) is 5.84. The van der Waals surface area contributed by atoms with Crippen LogP contribution in [0.2, 0.25) is 0 Å². The molecule has 0 radical (unpaired) electrons. The molecule has 1 saturated heterocycles. The molecule has 1 heterocycles. The number of carboxylic acid groups (broad SMARTS) is 1. The second-order valence-corrected chi connectivity index (χ2v) is 6.30. The van der Waals surface area contributed by atoms with Crippen LogP contribution in [0.1, 0.15) is 6.42 Å². The van der Waals surface area contributed by atoms with Crippen molar-refractivity contribution in [3.05, 3.63) is 0 Å². The van der Waals surface area contributed by atoms with Crippen molar-refractivity contribution in [3.8, 4) is 0 Å². The van der Waals surface area contributed by atoms with Gasteiger partial charge < -0.3 is 9.84 Å². The first-order valence-corrected chi connectivity index (χ1v) is 7.45. The average Bonchev–Trinajstić information content (AvgIpc) is 2.36. The molecule has 0 aliphatic carbocycles. The van der Waals surface area contributed by atoms with Crippen LogP contribution in [0.3, 0.4) is 0 Å². The van der Waals surface area contributed by atoms with Crippen molar-refractivity contribution in [2.24, 2.45) is 0 Å². The van der Waals surface area contributed by atoms with Gasteiger partial charge in [0.15, 0.2) is 0 Å². The fourth-order valence-electron chi connectivity index (χ4n) is 1.80. The molecule has 0 aromatic carbocycles. The van der Waals surface area contributed by atoms with Crippen LogP contribution in [-0.4, -0.2) is 80.3 Å². The number of esters is 1. The lowest BCUT2D eigenvalue weighted by atomic mass is 10.3. The van der Waals surface area contributed by atoms with E-state index >= 15 is 0 Å². The lowest BCUT2D eigenvalue weighted by Crippen LogP contribution is -2.50. The summed E-state index contributed by atoms with van der Waals surface area (Å²) in [6.45, 7) is 1.16. The highest BCUT2D eigenvalue weighted by atomic mass is 32.2. The zero-order valence-electron chi connectivity index (χ0n) is 10.7. The molecule has 9 heteroatoms. The van der Waals surface area contributed by atoms with Gasteiger partial charge in [0, 0.05) is 26.2 Å². The van der Waals surface area contributed by atoms with Crippen molar-refractivity contribution < 1.29 is 27.9 Å². The number of hydrogen-bond acceptors (Lipinski definition) is 6. The Morgan fingerprint density at radius 2 is 1.79 bits per heavy atom. The van der Waals surface area contributed by atoms with E-state index in [9.17, 15) is 18.0 Å². The van der Waals surface area contributed by atoms with Crippen LogP contribution in [0.25, 0.3) is 0 Å². The van der Waals surface area contributed by atoms with Crippen LogP contribution in [0.15, 0.2) is 0 Å². The third kappa shape index (κ3) is 5.13. The molecule has 0 aromatic heterocycles. The van der Waals surface area contributed by atoms with Crippen LogP contribution in [0, 0.1) is 0 Å². The van der Waals surface area contributed by atoms with Gasteiger partial charge in [-0.05, 0) is 0 Å². The fourth-order valence-corrected chi connectivity index (χ4v) is 3.20. The van der Waals surface area contributed by atoms with Gasteiger partial charge >= 0.3 is 11.9 Å². The zero-order chi connectivity index (χ0) is 14.5. The van der Waals surface area contributed by atoms with E-state index in [1.165, 1.54) is 11.4 Å². The maximum atomic E-state index is 11.9. The summed E-state index contributed by atoms with van der Waals surface area (Å²) in [5.74, 6) is -1.77. The topological polar surface area (TPSA) is 104 Å². The number of piperazine rings is 1. The first kappa shape index (κ1) is 15.9. The van der Waals surface area contributed by atoms with Crippen molar-refractivity contribution in [2.45, 2.75) is 6.42 Å². The minimum atomic E-state index is -3.48. The summed E-state index contributed by atoms with van der Waals surface area (Å²) < 4.78 is 29.5. The second-order valence-electron chi connectivity index (χ2n) is 4.21. The van der Waals surface area contributed by atoms with E-state index < -0.39 is 22.0 Å². The predicted molar refractivity (Wildman–Crippen MR) is 66.1 cm³/mol. The standard InChI is InChI=1S/C10H18N2O6S/c1-18-10(15)2-7-19(16,17)12-5-3-11(4-6-12)8-9(13)14/h2-8H2,1H3,(H,13,14). The maximum absolute atomic E-state index is 11.9. The van der Waals surface area contributed by atoms with Crippen molar-refractivity contribution in [3.63, 3.8) is 0 Å². The number of ether oxygens (including phenoxy) is 1. The van der Waals surface area contributed by atoms with Gasteiger partial charge in [-0.1, -0.05) is 0 Å². The Bertz CT molecular complexity index is 427. The molecule has 1 rings (SSSR count). The van der Waals surface area contributed by atoms with Crippen molar-refractivity contribution in [2.75, 3.05) is 45.6 Å².